The number of benzene rings is 1. The minimum Gasteiger partial charge on any atom is -0.442 e. The Morgan fingerprint density at radius 3 is 2.39 bits per heavy atom. The molecule has 5 heteroatoms. The van der Waals surface area contributed by atoms with Gasteiger partial charge in [0.25, 0.3) is 0 Å². The zero-order chi connectivity index (χ0) is 13.6. The molecule has 18 heavy (non-hydrogen) atoms. The molecule has 1 amide bonds. The van der Waals surface area contributed by atoms with E-state index in [0.29, 0.717) is 13.0 Å². The standard InChI is InChI=1S/C13H20N2O3/c1-13(2,3)17-12(16)15(18-14)10-9-11-7-5-4-6-8-11/h4-8H,9-10,14H2,1-3H3. The van der Waals surface area contributed by atoms with Gasteiger partial charge in [-0.2, -0.15) is 15.9 Å². The molecule has 5 nitrogen and oxygen atoms in total. The summed E-state index contributed by atoms with van der Waals surface area (Å²) in [5, 5.41) is 1.01. The Bertz CT molecular complexity index is 374. The van der Waals surface area contributed by atoms with Crippen molar-refractivity contribution in [2.45, 2.75) is 32.8 Å². The summed E-state index contributed by atoms with van der Waals surface area (Å²) < 4.78 is 5.16. The lowest BCUT2D eigenvalue weighted by atomic mass is 10.1. The van der Waals surface area contributed by atoms with Crippen molar-refractivity contribution in [3.63, 3.8) is 0 Å². The van der Waals surface area contributed by atoms with Crippen LogP contribution in [-0.2, 0) is 16.1 Å². The van der Waals surface area contributed by atoms with Crippen molar-refractivity contribution < 1.29 is 14.5 Å². The second-order valence-electron chi connectivity index (χ2n) is 4.92. The molecule has 0 fully saturated rings. The first-order valence-corrected chi connectivity index (χ1v) is 5.83. The Balaban J connectivity index is 2.50. The van der Waals surface area contributed by atoms with E-state index in [-0.39, 0.29) is 0 Å². The van der Waals surface area contributed by atoms with Crippen molar-refractivity contribution >= 4 is 6.09 Å². The summed E-state index contributed by atoms with van der Waals surface area (Å²) >= 11 is 0. The number of ether oxygens (including phenoxy) is 1. The van der Waals surface area contributed by atoms with Gasteiger partial charge in [0.1, 0.15) is 5.60 Å². The van der Waals surface area contributed by atoms with Gasteiger partial charge in [-0.15, -0.1) is 0 Å². The third-order valence-electron chi connectivity index (χ3n) is 2.17. The van der Waals surface area contributed by atoms with E-state index in [9.17, 15) is 4.79 Å². The van der Waals surface area contributed by atoms with Crippen LogP contribution in [0, 0.1) is 0 Å². The first kappa shape index (κ1) is 14.5. The van der Waals surface area contributed by atoms with E-state index in [4.69, 9.17) is 10.6 Å². The number of hydrogen-bond donors (Lipinski definition) is 1. The monoisotopic (exact) mass is 252 g/mol. The van der Waals surface area contributed by atoms with Gasteiger partial charge in [0.05, 0.1) is 6.54 Å². The molecule has 2 N–H and O–H groups in total. The Kier molecular flexibility index (Phi) is 5.12. The Morgan fingerprint density at radius 2 is 1.89 bits per heavy atom. The molecule has 0 aliphatic heterocycles. The van der Waals surface area contributed by atoms with E-state index < -0.39 is 11.7 Å². The first-order chi connectivity index (χ1) is 8.42. The van der Waals surface area contributed by atoms with Crippen LogP contribution >= 0.6 is 0 Å². The van der Waals surface area contributed by atoms with Crippen LogP contribution in [0.2, 0.25) is 0 Å². The number of hydrogen-bond acceptors (Lipinski definition) is 4. The minimum absolute atomic E-state index is 0.343. The summed E-state index contributed by atoms with van der Waals surface area (Å²) in [6.07, 6.45) is 0.0676. The molecule has 0 spiro atoms. The normalized spacial score (nSPS) is 11.1. The van der Waals surface area contributed by atoms with Crippen LogP contribution in [0.4, 0.5) is 4.79 Å². The van der Waals surface area contributed by atoms with Gasteiger partial charge in [-0.1, -0.05) is 30.3 Å². The molecule has 0 heterocycles. The van der Waals surface area contributed by atoms with Crippen LogP contribution in [0.5, 0.6) is 0 Å². The first-order valence-electron chi connectivity index (χ1n) is 5.83. The van der Waals surface area contributed by atoms with E-state index in [1.165, 1.54) is 0 Å². The number of amides is 1. The predicted octanol–water partition coefficient (Wildman–Crippen LogP) is 2.27. The quantitative estimate of drug-likeness (QED) is 0.835. The van der Waals surface area contributed by atoms with Gasteiger partial charge < -0.3 is 4.74 Å². The molecule has 100 valence electrons. The number of carbonyl (C=O) groups is 1. The zero-order valence-electron chi connectivity index (χ0n) is 11.1. The molecule has 0 aromatic heterocycles. The molecule has 0 radical (unpaired) electrons. The molecular formula is C13H20N2O3. The lowest BCUT2D eigenvalue weighted by Gasteiger charge is -2.24. The van der Waals surface area contributed by atoms with Crippen molar-refractivity contribution in [1.29, 1.82) is 0 Å². The van der Waals surface area contributed by atoms with Crippen LogP contribution in [0.15, 0.2) is 30.3 Å². The van der Waals surface area contributed by atoms with E-state index in [1.54, 1.807) is 20.8 Å². The second-order valence-corrected chi connectivity index (χ2v) is 4.92. The third kappa shape index (κ3) is 5.16. The van der Waals surface area contributed by atoms with Crippen molar-refractivity contribution in [3.05, 3.63) is 35.9 Å². The lowest BCUT2D eigenvalue weighted by Crippen LogP contribution is -2.39. The maximum atomic E-state index is 11.7. The highest BCUT2D eigenvalue weighted by Gasteiger charge is 2.22. The van der Waals surface area contributed by atoms with Gasteiger partial charge in [0, 0.05) is 0 Å². The molecule has 0 saturated heterocycles. The Morgan fingerprint density at radius 1 is 1.28 bits per heavy atom. The number of hydroxylamine groups is 2. The maximum Gasteiger partial charge on any atom is 0.436 e. The van der Waals surface area contributed by atoms with Crippen molar-refractivity contribution in [1.82, 2.24) is 5.06 Å². The van der Waals surface area contributed by atoms with Gasteiger partial charge >= 0.3 is 6.09 Å². The van der Waals surface area contributed by atoms with Gasteiger partial charge in [-0.05, 0) is 32.8 Å². The topological polar surface area (TPSA) is 64.8 Å². The summed E-state index contributed by atoms with van der Waals surface area (Å²) in [5.41, 5.74) is 0.531. The van der Waals surface area contributed by atoms with E-state index in [2.05, 4.69) is 4.94 Å². The average Bonchev–Trinajstić information content (AvgIpc) is 2.29. The lowest BCUT2D eigenvalue weighted by molar-refractivity contribution is -0.149. The molecule has 0 bridgehead atoms. The summed E-state index contributed by atoms with van der Waals surface area (Å²) in [5.74, 6) is 5.08. The fourth-order valence-electron chi connectivity index (χ4n) is 1.38. The third-order valence-corrected chi connectivity index (χ3v) is 2.17. The molecule has 1 rings (SSSR count). The number of carbonyl (C=O) groups excluding carboxylic acids is 1. The molecule has 0 aliphatic rings. The van der Waals surface area contributed by atoms with Crippen molar-refractivity contribution in [2.75, 3.05) is 6.54 Å². The molecule has 0 atom stereocenters. The summed E-state index contributed by atoms with van der Waals surface area (Å²) in [6, 6.07) is 9.77. The summed E-state index contributed by atoms with van der Waals surface area (Å²) in [7, 11) is 0. The minimum atomic E-state index is -0.582. The highest BCUT2D eigenvalue weighted by atomic mass is 16.8. The van der Waals surface area contributed by atoms with Crippen LogP contribution in [0.1, 0.15) is 26.3 Å². The molecule has 0 saturated carbocycles. The van der Waals surface area contributed by atoms with Gasteiger partial charge in [0.2, 0.25) is 0 Å². The molecule has 0 aliphatic carbocycles. The number of nitrogens with zero attached hydrogens (tertiary/aromatic N) is 1. The predicted molar refractivity (Wildman–Crippen MR) is 68.4 cm³/mol. The average molecular weight is 252 g/mol. The summed E-state index contributed by atoms with van der Waals surface area (Å²) in [4.78, 5) is 16.2. The number of nitrogens with two attached hydrogens (primary N) is 1. The fraction of sp³-hybridized carbons (Fsp3) is 0.462. The van der Waals surface area contributed by atoms with Crippen LogP contribution in [0.25, 0.3) is 0 Å². The highest BCUT2D eigenvalue weighted by molar-refractivity contribution is 5.66. The Labute approximate surface area is 107 Å². The van der Waals surface area contributed by atoms with Gasteiger partial charge in [0.15, 0.2) is 0 Å². The second kappa shape index (κ2) is 6.37. The summed E-state index contributed by atoms with van der Waals surface area (Å²) in [6.45, 7) is 5.71. The van der Waals surface area contributed by atoms with E-state index >= 15 is 0 Å². The highest BCUT2D eigenvalue weighted by Crippen LogP contribution is 2.10. The molecule has 0 unspecified atom stereocenters. The van der Waals surface area contributed by atoms with Gasteiger partial charge in [-0.3, -0.25) is 0 Å². The number of rotatable bonds is 4. The fourth-order valence-corrected chi connectivity index (χ4v) is 1.38. The zero-order valence-corrected chi connectivity index (χ0v) is 11.1. The molecular weight excluding hydrogens is 232 g/mol. The van der Waals surface area contributed by atoms with Crippen LogP contribution < -0.4 is 5.90 Å². The SMILES string of the molecule is CC(C)(C)OC(=O)N(CCc1ccccc1)ON. The largest absolute Gasteiger partial charge is 0.442 e. The Hall–Kier alpha value is -1.59. The maximum absolute atomic E-state index is 11.7. The van der Waals surface area contributed by atoms with E-state index in [0.717, 1.165) is 10.6 Å². The molecule has 1 aromatic rings. The molecule has 1 aromatic carbocycles. The smallest absolute Gasteiger partial charge is 0.436 e. The van der Waals surface area contributed by atoms with Gasteiger partial charge in [-0.25, -0.2) is 4.79 Å². The van der Waals surface area contributed by atoms with Crippen LogP contribution in [0.3, 0.4) is 0 Å². The van der Waals surface area contributed by atoms with Crippen molar-refractivity contribution in [2.24, 2.45) is 5.90 Å². The van der Waals surface area contributed by atoms with Crippen LogP contribution in [-0.4, -0.2) is 23.3 Å². The van der Waals surface area contributed by atoms with E-state index in [1.807, 2.05) is 30.3 Å². The van der Waals surface area contributed by atoms with Crippen molar-refractivity contribution in [3.8, 4) is 0 Å².